The molecular weight excluding hydrogens is 701 g/mol. The van der Waals surface area contributed by atoms with Crippen LogP contribution in [-0.2, 0) is 15.7 Å². The molecule has 6 aliphatic rings. The van der Waals surface area contributed by atoms with Gasteiger partial charge in [0.25, 0.3) is 11.8 Å². The van der Waals surface area contributed by atoms with E-state index in [0.29, 0.717) is 79.2 Å². The molecule has 286 valence electrons. The molecule has 1 aliphatic heterocycles. The summed E-state index contributed by atoms with van der Waals surface area (Å²) in [6.45, 7) is 1.81. The number of ether oxygens (including phenoxy) is 2. The average molecular weight is 746 g/mol. The molecule has 9 rings (SSSR count). The van der Waals surface area contributed by atoms with Crippen molar-refractivity contribution >= 4 is 22.8 Å². The number of benzene rings is 1. The number of fused-ring (bicyclic) bond motifs is 1. The number of nitrogens with zero attached hydrogens (tertiary/aromatic N) is 4. The van der Waals surface area contributed by atoms with E-state index in [0.717, 1.165) is 25.5 Å². The van der Waals surface area contributed by atoms with Crippen LogP contribution < -0.4 is 10.1 Å². The summed E-state index contributed by atoms with van der Waals surface area (Å²) in [4.78, 5) is 36.6. The highest BCUT2D eigenvalue weighted by Crippen LogP contribution is 2.58. The Morgan fingerprint density at radius 2 is 1.70 bits per heavy atom. The summed E-state index contributed by atoms with van der Waals surface area (Å²) in [7, 11) is 1.55. The number of aromatic nitrogens is 3. The highest BCUT2D eigenvalue weighted by Gasteiger charge is 2.62. The van der Waals surface area contributed by atoms with Gasteiger partial charge in [0, 0.05) is 42.6 Å². The second-order valence-electron chi connectivity index (χ2n) is 16.1. The molecule has 1 atom stereocenters. The van der Waals surface area contributed by atoms with Crippen molar-refractivity contribution in [1.29, 1.82) is 0 Å². The standard InChI is InChI=1S/C38H44F5N5O5/c1-20(17-52-2)48-16-30(28-8-7-27(14-31(28)48)53-26-5-3-25(4-6-26)47-18-36(39,40)19-47)33-44-15-29(32(45-33)38(41,42)43)34(49)46-37(35(50)51)23-10-21-9-22(12-23)13-24(37)11-21/h7-8,14-16,20-26H,3-6,9-13,17-19H2,1-2H3,(H,46,49)(H,50,51)/t20-,21?,22?,23?,24?,25?,26?,37?/m1/s1. The number of carbonyl (C=O) groups excluding carboxylic acids is 1. The van der Waals surface area contributed by atoms with E-state index in [4.69, 9.17) is 9.47 Å². The van der Waals surface area contributed by atoms with Crippen molar-refractivity contribution < 1.29 is 46.1 Å². The number of nitrogens with one attached hydrogen (secondary N) is 1. The number of alkyl halides is 5. The van der Waals surface area contributed by atoms with Crippen molar-refractivity contribution in [2.75, 3.05) is 26.8 Å². The third-order valence-electron chi connectivity index (χ3n) is 12.7. The van der Waals surface area contributed by atoms with Gasteiger partial charge in [-0.1, -0.05) is 0 Å². The second kappa shape index (κ2) is 13.2. The largest absolute Gasteiger partial charge is 0.490 e. The molecule has 2 aromatic heterocycles. The number of likely N-dealkylation sites (tertiary alicyclic amines) is 1. The van der Waals surface area contributed by atoms with Crippen LogP contribution in [0.1, 0.15) is 86.8 Å². The maximum Gasteiger partial charge on any atom is 0.434 e. The van der Waals surface area contributed by atoms with Gasteiger partial charge in [-0.15, -0.1) is 0 Å². The number of rotatable bonds is 10. The Labute approximate surface area is 303 Å². The van der Waals surface area contributed by atoms with Gasteiger partial charge in [-0.25, -0.2) is 23.5 Å². The molecule has 0 unspecified atom stereocenters. The fourth-order valence-electron chi connectivity index (χ4n) is 10.4. The summed E-state index contributed by atoms with van der Waals surface area (Å²) >= 11 is 0. The van der Waals surface area contributed by atoms with E-state index < -0.39 is 40.8 Å². The van der Waals surface area contributed by atoms with Gasteiger partial charge >= 0.3 is 12.1 Å². The van der Waals surface area contributed by atoms with Crippen molar-refractivity contribution in [3.63, 3.8) is 0 Å². The van der Waals surface area contributed by atoms with Crippen LogP contribution in [0.4, 0.5) is 22.0 Å². The summed E-state index contributed by atoms with van der Waals surface area (Å²) < 4.78 is 84.5. The maximum atomic E-state index is 14.7. The number of methoxy groups -OCH3 is 1. The highest BCUT2D eigenvalue weighted by atomic mass is 19.4. The Kier molecular flexibility index (Phi) is 8.98. The third kappa shape index (κ3) is 6.44. The molecule has 1 saturated heterocycles. The molecule has 4 bridgehead atoms. The fraction of sp³-hybridized carbons (Fsp3) is 0.632. The van der Waals surface area contributed by atoms with E-state index in [1.165, 1.54) is 0 Å². The molecule has 3 heterocycles. The van der Waals surface area contributed by atoms with Crippen LogP contribution >= 0.6 is 0 Å². The molecule has 6 fully saturated rings. The Morgan fingerprint density at radius 1 is 1.04 bits per heavy atom. The first-order chi connectivity index (χ1) is 25.1. The van der Waals surface area contributed by atoms with E-state index >= 15 is 0 Å². The molecule has 10 nitrogen and oxygen atoms in total. The number of aliphatic carboxylic acids is 1. The van der Waals surface area contributed by atoms with Gasteiger partial charge in [-0.2, -0.15) is 13.2 Å². The van der Waals surface area contributed by atoms with Gasteiger partial charge in [0.05, 0.1) is 42.9 Å². The van der Waals surface area contributed by atoms with Crippen molar-refractivity contribution in [2.45, 2.75) is 101 Å². The van der Waals surface area contributed by atoms with Gasteiger partial charge in [0.15, 0.2) is 11.5 Å². The maximum absolute atomic E-state index is 14.7. The molecule has 15 heteroatoms. The molecule has 1 amide bonds. The Hall–Kier alpha value is -3.85. The first kappa shape index (κ1) is 36.1. The Morgan fingerprint density at radius 3 is 2.28 bits per heavy atom. The minimum Gasteiger partial charge on any atom is -0.490 e. The van der Waals surface area contributed by atoms with Gasteiger partial charge < -0.3 is 24.5 Å². The normalized spacial score (nSPS) is 31.3. The molecule has 0 radical (unpaired) electrons. The van der Waals surface area contributed by atoms with Gasteiger partial charge in [-0.05, 0) is 101 Å². The SMILES string of the molecule is COC[C@@H](C)n1cc(-c2ncc(C(=O)NC3(C(=O)O)C4CC5CC(C4)CC3C5)c(C(F)(F)F)n2)c2ccc(OC3CCC(N4CC(F)(F)C4)CC3)cc21. The van der Waals surface area contributed by atoms with Crippen LogP contribution in [0, 0.1) is 23.7 Å². The predicted octanol–water partition coefficient (Wildman–Crippen LogP) is 6.97. The fourth-order valence-corrected chi connectivity index (χ4v) is 10.4. The topological polar surface area (TPSA) is 119 Å². The number of carbonyl (C=O) groups is 2. The molecule has 2 N–H and O–H groups in total. The molecule has 1 aromatic carbocycles. The number of hydrogen-bond donors (Lipinski definition) is 2. The van der Waals surface area contributed by atoms with Crippen molar-refractivity contribution in [3.8, 4) is 17.1 Å². The lowest BCUT2D eigenvalue weighted by molar-refractivity contribution is -0.163. The molecular formula is C38H44F5N5O5. The summed E-state index contributed by atoms with van der Waals surface area (Å²) in [5.41, 5.74) is -2.93. The molecule has 5 saturated carbocycles. The summed E-state index contributed by atoms with van der Waals surface area (Å²) in [6.07, 6.45) is 3.83. The third-order valence-corrected chi connectivity index (χ3v) is 12.7. The van der Waals surface area contributed by atoms with E-state index in [1.807, 2.05) is 22.5 Å². The van der Waals surface area contributed by atoms with Crippen molar-refractivity contribution in [2.24, 2.45) is 23.7 Å². The smallest absolute Gasteiger partial charge is 0.434 e. The first-order valence-electron chi connectivity index (χ1n) is 18.6. The monoisotopic (exact) mass is 745 g/mol. The van der Waals surface area contributed by atoms with Crippen LogP contribution in [0.2, 0.25) is 0 Å². The quantitative estimate of drug-likeness (QED) is 0.214. The Bertz CT molecular complexity index is 1870. The lowest BCUT2D eigenvalue weighted by Crippen LogP contribution is -2.70. The average Bonchev–Trinajstić information content (AvgIpc) is 3.47. The lowest BCUT2D eigenvalue weighted by Gasteiger charge is -2.59. The van der Waals surface area contributed by atoms with Gasteiger partial charge in [0.1, 0.15) is 11.3 Å². The molecule has 53 heavy (non-hydrogen) atoms. The minimum atomic E-state index is -5.04. The first-order valence-corrected chi connectivity index (χ1v) is 18.6. The zero-order valence-electron chi connectivity index (χ0n) is 29.7. The summed E-state index contributed by atoms with van der Waals surface area (Å²) in [6, 6.07) is 5.17. The van der Waals surface area contributed by atoms with Crippen LogP contribution in [0.3, 0.4) is 0 Å². The van der Waals surface area contributed by atoms with Crippen LogP contribution in [0.5, 0.6) is 5.75 Å². The van der Waals surface area contributed by atoms with Crippen molar-refractivity contribution in [3.05, 3.63) is 41.9 Å². The number of hydrogen-bond acceptors (Lipinski definition) is 7. The summed E-state index contributed by atoms with van der Waals surface area (Å²) in [5, 5.41) is 13.6. The van der Waals surface area contributed by atoms with Gasteiger partial charge in [-0.3, -0.25) is 9.69 Å². The minimum absolute atomic E-state index is 0.111. The van der Waals surface area contributed by atoms with Gasteiger partial charge in [0.2, 0.25) is 0 Å². The van der Waals surface area contributed by atoms with Crippen molar-refractivity contribution in [1.82, 2.24) is 24.8 Å². The zero-order chi connectivity index (χ0) is 37.4. The van der Waals surface area contributed by atoms with E-state index in [-0.39, 0.29) is 48.9 Å². The van der Waals surface area contributed by atoms with Crippen LogP contribution in [-0.4, -0.2) is 86.8 Å². The molecule has 5 aliphatic carbocycles. The molecule has 3 aromatic rings. The number of amides is 1. The highest BCUT2D eigenvalue weighted by molar-refractivity contribution is 6.00. The number of carboxylic acids is 1. The molecule has 0 spiro atoms. The second-order valence-corrected chi connectivity index (χ2v) is 16.1. The number of carboxylic acid groups (broad SMARTS) is 1. The van der Waals surface area contributed by atoms with Crippen LogP contribution in [0.15, 0.2) is 30.6 Å². The Balaban J connectivity index is 1.07. The zero-order valence-corrected chi connectivity index (χ0v) is 29.7. The number of halogens is 5. The summed E-state index contributed by atoms with van der Waals surface area (Å²) in [5.74, 6) is -4.58. The van der Waals surface area contributed by atoms with Crippen LogP contribution in [0.25, 0.3) is 22.3 Å². The van der Waals surface area contributed by atoms with E-state index in [9.17, 15) is 36.6 Å². The lowest BCUT2D eigenvalue weighted by atomic mass is 9.48. The van der Waals surface area contributed by atoms with E-state index in [2.05, 4.69) is 15.3 Å². The van der Waals surface area contributed by atoms with E-state index in [1.54, 1.807) is 25.4 Å². The predicted molar refractivity (Wildman–Crippen MR) is 183 cm³/mol.